The minimum Gasteiger partial charge on any atom is -0.339 e. The van der Waals surface area contributed by atoms with Crippen LogP contribution in [0.4, 0.5) is 0 Å². The molecule has 2 heterocycles. The Labute approximate surface area is 161 Å². The summed E-state index contributed by atoms with van der Waals surface area (Å²) in [5.74, 6) is 0.0453. The van der Waals surface area contributed by atoms with Crippen LogP contribution in [0, 0.1) is 0 Å². The lowest BCUT2D eigenvalue weighted by atomic mass is 9.86. The molecular formula is C22H27N3O2. The summed E-state index contributed by atoms with van der Waals surface area (Å²) < 4.78 is 0. The molecule has 0 bridgehead atoms. The lowest BCUT2D eigenvalue weighted by Gasteiger charge is -2.34. The zero-order valence-corrected chi connectivity index (χ0v) is 16.3. The summed E-state index contributed by atoms with van der Waals surface area (Å²) >= 11 is 0. The topological polar surface area (TPSA) is 53.5 Å². The van der Waals surface area contributed by atoms with Crippen LogP contribution in [0.2, 0.25) is 0 Å². The van der Waals surface area contributed by atoms with E-state index in [9.17, 15) is 9.59 Å². The Morgan fingerprint density at radius 1 is 0.926 bits per heavy atom. The smallest absolute Gasteiger partial charge is 0.272 e. The van der Waals surface area contributed by atoms with Crippen LogP contribution in [0.5, 0.6) is 0 Å². The molecule has 1 aromatic heterocycles. The van der Waals surface area contributed by atoms with Crippen LogP contribution in [-0.2, 0) is 16.6 Å². The molecule has 0 unspecified atom stereocenters. The maximum Gasteiger partial charge on any atom is 0.272 e. The van der Waals surface area contributed by atoms with Crippen molar-refractivity contribution in [1.29, 1.82) is 0 Å². The summed E-state index contributed by atoms with van der Waals surface area (Å²) in [5, 5.41) is 0. The molecule has 1 saturated heterocycles. The van der Waals surface area contributed by atoms with Gasteiger partial charge in [0.15, 0.2) is 0 Å². The van der Waals surface area contributed by atoms with Gasteiger partial charge in [-0.1, -0.05) is 51.1 Å². The third-order valence-corrected chi connectivity index (χ3v) is 4.98. The maximum atomic E-state index is 12.6. The van der Waals surface area contributed by atoms with Crippen molar-refractivity contribution < 1.29 is 9.59 Å². The van der Waals surface area contributed by atoms with Crippen LogP contribution in [0.1, 0.15) is 42.4 Å². The molecular weight excluding hydrogens is 338 g/mol. The van der Waals surface area contributed by atoms with Gasteiger partial charge < -0.3 is 9.80 Å². The predicted molar refractivity (Wildman–Crippen MR) is 106 cm³/mol. The zero-order valence-electron chi connectivity index (χ0n) is 16.3. The van der Waals surface area contributed by atoms with Crippen molar-refractivity contribution in [1.82, 2.24) is 14.8 Å². The minimum absolute atomic E-state index is 0.0690. The maximum absolute atomic E-state index is 12.6. The predicted octanol–water partition coefficient (Wildman–Crippen LogP) is 2.91. The van der Waals surface area contributed by atoms with E-state index in [1.807, 2.05) is 23.1 Å². The first-order valence-electron chi connectivity index (χ1n) is 9.42. The van der Waals surface area contributed by atoms with Gasteiger partial charge in [-0.15, -0.1) is 0 Å². The number of pyridine rings is 1. The number of benzene rings is 1. The minimum atomic E-state index is -0.0690. The van der Waals surface area contributed by atoms with Gasteiger partial charge in [-0.25, -0.2) is 0 Å². The highest BCUT2D eigenvalue weighted by Gasteiger charge is 2.25. The second-order valence-electron chi connectivity index (χ2n) is 8.01. The van der Waals surface area contributed by atoms with E-state index in [-0.39, 0.29) is 17.2 Å². The highest BCUT2D eigenvalue weighted by molar-refractivity contribution is 5.92. The Morgan fingerprint density at radius 2 is 1.56 bits per heavy atom. The van der Waals surface area contributed by atoms with Gasteiger partial charge in [0.1, 0.15) is 5.69 Å². The van der Waals surface area contributed by atoms with Crippen LogP contribution < -0.4 is 0 Å². The molecule has 5 heteroatoms. The fraction of sp³-hybridized carbons (Fsp3) is 0.409. The number of amides is 2. The lowest BCUT2D eigenvalue weighted by molar-refractivity contribution is -0.131. The fourth-order valence-corrected chi connectivity index (χ4v) is 3.22. The molecule has 0 radical (unpaired) electrons. The monoisotopic (exact) mass is 365 g/mol. The molecule has 27 heavy (non-hydrogen) atoms. The molecule has 0 saturated carbocycles. The third-order valence-electron chi connectivity index (χ3n) is 4.98. The number of hydrogen-bond acceptors (Lipinski definition) is 3. The Bertz CT molecular complexity index is 787. The molecule has 1 aliphatic heterocycles. The van der Waals surface area contributed by atoms with E-state index in [2.05, 4.69) is 37.9 Å². The summed E-state index contributed by atoms with van der Waals surface area (Å²) in [6.07, 6.45) is 2.02. The summed E-state index contributed by atoms with van der Waals surface area (Å²) in [6, 6.07) is 13.6. The van der Waals surface area contributed by atoms with E-state index < -0.39 is 0 Å². The molecule has 1 aliphatic rings. The first-order chi connectivity index (χ1) is 12.8. The second kappa shape index (κ2) is 7.91. The molecule has 142 valence electrons. The summed E-state index contributed by atoms with van der Waals surface area (Å²) in [4.78, 5) is 32.8. The molecule has 5 nitrogen and oxygen atoms in total. The Balaban J connectivity index is 1.53. The summed E-state index contributed by atoms with van der Waals surface area (Å²) in [7, 11) is 0. The Kier molecular flexibility index (Phi) is 5.59. The lowest BCUT2D eigenvalue weighted by Crippen LogP contribution is -2.51. The summed E-state index contributed by atoms with van der Waals surface area (Å²) in [5.41, 5.74) is 2.86. The molecule has 2 amide bonds. The van der Waals surface area contributed by atoms with Crippen molar-refractivity contribution in [2.45, 2.75) is 32.6 Å². The number of aromatic nitrogens is 1. The highest BCUT2D eigenvalue weighted by Crippen LogP contribution is 2.22. The van der Waals surface area contributed by atoms with Crippen molar-refractivity contribution >= 4 is 11.8 Å². The third kappa shape index (κ3) is 4.73. The number of carbonyl (C=O) groups is 2. The summed E-state index contributed by atoms with van der Waals surface area (Å²) in [6.45, 7) is 8.76. The molecule has 1 aromatic carbocycles. The molecule has 0 N–H and O–H groups in total. The van der Waals surface area contributed by atoms with E-state index >= 15 is 0 Å². The molecule has 2 aromatic rings. The van der Waals surface area contributed by atoms with Gasteiger partial charge in [0.2, 0.25) is 5.91 Å². The van der Waals surface area contributed by atoms with Gasteiger partial charge in [0, 0.05) is 32.4 Å². The van der Waals surface area contributed by atoms with Crippen molar-refractivity contribution in [3.05, 3.63) is 65.5 Å². The molecule has 0 atom stereocenters. The number of rotatable bonds is 3. The fourth-order valence-electron chi connectivity index (χ4n) is 3.22. The van der Waals surface area contributed by atoms with E-state index in [0.29, 0.717) is 38.3 Å². The van der Waals surface area contributed by atoms with E-state index in [0.717, 1.165) is 5.56 Å². The van der Waals surface area contributed by atoms with Crippen molar-refractivity contribution in [2.75, 3.05) is 26.2 Å². The zero-order chi connectivity index (χ0) is 19.4. The van der Waals surface area contributed by atoms with Gasteiger partial charge in [-0.3, -0.25) is 14.6 Å². The first-order valence-corrected chi connectivity index (χ1v) is 9.42. The quantitative estimate of drug-likeness (QED) is 0.840. The largest absolute Gasteiger partial charge is 0.339 e. The average molecular weight is 365 g/mol. The number of hydrogen-bond donors (Lipinski definition) is 0. The van der Waals surface area contributed by atoms with Crippen LogP contribution in [-0.4, -0.2) is 52.8 Å². The number of carbonyl (C=O) groups excluding carboxylic acids is 2. The van der Waals surface area contributed by atoms with Gasteiger partial charge in [-0.2, -0.15) is 0 Å². The van der Waals surface area contributed by atoms with Gasteiger partial charge in [-0.05, 0) is 28.7 Å². The SMILES string of the molecule is CC(C)(C)c1ccc(CC(=O)N2CCN(C(=O)c3ccccn3)CC2)cc1. The molecule has 0 spiro atoms. The van der Waals surface area contributed by atoms with Crippen LogP contribution in [0.15, 0.2) is 48.7 Å². The number of nitrogens with zero attached hydrogens (tertiary/aromatic N) is 3. The first kappa shape index (κ1) is 19.1. The van der Waals surface area contributed by atoms with Crippen LogP contribution in [0.3, 0.4) is 0 Å². The normalized spacial score (nSPS) is 14.9. The number of piperazine rings is 1. The van der Waals surface area contributed by atoms with Crippen LogP contribution in [0.25, 0.3) is 0 Å². The highest BCUT2D eigenvalue weighted by atomic mass is 16.2. The molecule has 1 fully saturated rings. The van der Waals surface area contributed by atoms with Crippen molar-refractivity contribution in [3.63, 3.8) is 0 Å². The Hall–Kier alpha value is -2.69. The van der Waals surface area contributed by atoms with Gasteiger partial charge >= 0.3 is 0 Å². The van der Waals surface area contributed by atoms with E-state index in [1.54, 1.807) is 23.2 Å². The van der Waals surface area contributed by atoms with Crippen molar-refractivity contribution in [2.24, 2.45) is 0 Å². The second-order valence-corrected chi connectivity index (χ2v) is 8.01. The van der Waals surface area contributed by atoms with E-state index in [4.69, 9.17) is 0 Å². The van der Waals surface area contributed by atoms with Gasteiger partial charge in [0.25, 0.3) is 5.91 Å². The average Bonchev–Trinajstić information content (AvgIpc) is 2.68. The van der Waals surface area contributed by atoms with Gasteiger partial charge in [0.05, 0.1) is 6.42 Å². The molecule has 0 aliphatic carbocycles. The Morgan fingerprint density at radius 3 is 2.11 bits per heavy atom. The molecule has 3 rings (SSSR count). The van der Waals surface area contributed by atoms with Crippen molar-refractivity contribution in [3.8, 4) is 0 Å². The standard InChI is InChI=1S/C22H27N3O2/c1-22(2,3)18-9-7-17(8-10-18)16-20(26)24-12-14-25(15-13-24)21(27)19-6-4-5-11-23-19/h4-11H,12-16H2,1-3H3. The van der Waals surface area contributed by atoms with E-state index in [1.165, 1.54) is 5.56 Å². The van der Waals surface area contributed by atoms with Crippen LogP contribution >= 0.6 is 0 Å².